The Hall–Kier alpha value is -1.22. The molecule has 4 unspecified atom stereocenters. The van der Waals surface area contributed by atoms with Gasteiger partial charge in [-0.05, 0) is 74.3 Å². The summed E-state index contributed by atoms with van der Waals surface area (Å²) in [6, 6.07) is 8.68. The summed E-state index contributed by atoms with van der Waals surface area (Å²) < 4.78 is 0. The van der Waals surface area contributed by atoms with Crippen LogP contribution in [0.2, 0.25) is 0 Å². The lowest BCUT2D eigenvalue weighted by Gasteiger charge is -2.55. The molecule has 1 aromatic carbocycles. The molecular weight excluding hydrogens is 318 g/mol. The molecule has 142 valence electrons. The molecule has 4 aliphatic rings. The van der Waals surface area contributed by atoms with Gasteiger partial charge in [-0.25, -0.2) is 0 Å². The molecule has 0 amide bonds. The quantitative estimate of drug-likeness (QED) is 0.742. The first-order valence-corrected chi connectivity index (χ1v) is 11.1. The summed E-state index contributed by atoms with van der Waals surface area (Å²) in [5.41, 5.74) is 15.4. The topological polar surface area (TPSA) is 55.3 Å². The lowest BCUT2D eigenvalue weighted by Crippen LogP contribution is -2.57. The number of fused-ring (bicyclic) bond motifs is 4. The Kier molecular flexibility index (Phi) is 4.39. The van der Waals surface area contributed by atoms with Crippen LogP contribution in [0, 0.1) is 11.8 Å². The van der Waals surface area contributed by atoms with Crippen LogP contribution >= 0.6 is 0 Å². The van der Waals surface area contributed by atoms with Gasteiger partial charge < -0.3 is 11.5 Å². The number of benzene rings is 1. The fraction of sp³-hybridized carbons (Fsp3) is 0.739. The molecule has 4 atom stereocenters. The lowest BCUT2D eigenvalue weighted by atomic mass is 9.67. The van der Waals surface area contributed by atoms with Gasteiger partial charge in [0.1, 0.15) is 0 Å². The van der Waals surface area contributed by atoms with Crippen LogP contribution < -0.4 is 11.5 Å². The third-order valence-corrected chi connectivity index (χ3v) is 8.17. The number of rotatable bonds is 2. The molecule has 5 rings (SSSR count). The number of nitrogens with two attached hydrogens (primary N) is 2. The standard InChI is InChI=1S/C23H35N3/c24-22-9-3-8-21(23(22)25)17-13-18-6-2-7-19(14-17)26(18)20-11-15-4-1-5-16(10-15)12-20/h3,8-9,15-20H,1-2,4-7,10-14,24-25H2. The molecule has 4 bridgehead atoms. The summed E-state index contributed by atoms with van der Waals surface area (Å²) in [4.78, 5) is 3.02. The normalized spacial score (nSPS) is 40.3. The lowest BCUT2D eigenvalue weighted by molar-refractivity contribution is -0.0411. The molecule has 3 heteroatoms. The minimum absolute atomic E-state index is 0.605. The van der Waals surface area contributed by atoms with Gasteiger partial charge in [0.25, 0.3) is 0 Å². The average molecular weight is 354 g/mol. The van der Waals surface area contributed by atoms with Crippen LogP contribution in [0.25, 0.3) is 0 Å². The maximum atomic E-state index is 6.36. The van der Waals surface area contributed by atoms with E-state index in [1.807, 2.05) is 6.07 Å². The van der Waals surface area contributed by atoms with Crippen molar-refractivity contribution in [1.82, 2.24) is 4.90 Å². The van der Waals surface area contributed by atoms with Crippen LogP contribution in [-0.4, -0.2) is 23.0 Å². The highest BCUT2D eigenvalue weighted by atomic mass is 15.2. The number of nitrogen functional groups attached to an aromatic ring is 2. The first-order chi connectivity index (χ1) is 12.7. The fourth-order valence-electron chi connectivity index (χ4n) is 7.17. The number of hydrogen-bond donors (Lipinski definition) is 2. The van der Waals surface area contributed by atoms with Crippen molar-refractivity contribution in [2.24, 2.45) is 11.8 Å². The van der Waals surface area contributed by atoms with Gasteiger partial charge in [-0.1, -0.05) is 37.8 Å². The van der Waals surface area contributed by atoms with Gasteiger partial charge in [-0.3, -0.25) is 4.90 Å². The Morgan fingerprint density at radius 1 is 0.731 bits per heavy atom. The number of para-hydroxylation sites is 1. The van der Waals surface area contributed by atoms with Crippen LogP contribution in [0.5, 0.6) is 0 Å². The Morgan fingerprint density at radius 2 is 1.38 bits per heavy atom. The molecule has 0 radical (unpaired) electrons. The van der Waals surface area contributed by atoms with Crippen LogP contribution in [0.4, 0.5) is 11.4 Å². The predicted octanol–water partition coefficient (Wildman–Crippen LogP) is 4.92. The van der Waals surface area contributed by atoms with Gasteiger partial charge >= 0.3 is 0 Å². The second-order valence-corrected chi connectivity index (χ2v) is 9.73. The molecular formula is C23H35N3. The van der Waals surface area contributed by atoms with Gasteiger partial charge in [0.05, 0.1) is 11.4 Å². The van der Waals surface area contributed by atoms with Crippen molar-refractivity contribution in [1.29, 1.82) is 0 Å². The molecule has 2 aliphatic heterocycles. The van der Waals surface area contributed by atoms with Gasteiger partial charge in [0, 0.05) is 18.1 Å². The van der Waals surface area contributed by atoms with E-state index >= 15 is 0 Å². The number of nitrogens with zero attached hydrogens (tertiary/aromatic N) is 1. The van der Waals surface area contributed by atoms with E-state index in [0.717, 1.165) is 41.3 Å². The molecule has 4 N–H and O–H groups in total. The maximum absolute atomic E-state index is 6.36. The smallest absolute Gasteiger partial charge is 0.0583 e. The van der Waals surface area contributed by atoms with Crippen LogP contribution in [0.1, 0.15) is 82.1 Å². The summed E-state index contributed by atoms with van der Waals surface area (Å²) in [5, 5.41) is 0. The zero-order valence-corrected chi connectivity index (χ0v) is 16.1. The van der Waals surface area contributed by atoms with Crippen molar-refractivity contribution in [3.63, 3.8) is 0 Å². The molecule has 2 saturated carbocycles. The van der Waals surface area contributed by atoms with Gasteiger partial charge in [-0.15, -0.1) is 0 Å². The number of anilines is 2. The maximum Gasteiger partial charge on any atom is 0.0583 e. The molecule has 2 saturated heterocycles. The second kappa shape index (κ2) is 6.74. The van der Waals surface area contributed by atoms with E-state index in [9.17, 15) is 0 Å². The molecule has 26 heavy (non-hydrogen) atoms. The highest BCUT2D eigenvalue weighted by Gasteiger charge is 2.45. The Bertz CT molecular complexity index is 631. The SMILES string of the molecule is Nc1cccc(C2CC3CCCC(C2)N3C2CC3CCCC(C3)C2)c1N. The van der Waals surface area contributed by atoms with Crippen LogP contribution in [-0.2, 0) is 0 Å². The molecule has 2 heterocycles. The largest absolute Gasteiger partial charge is 0.397 e. The monoisotopic (exact) mass is 353 g/mol. The molecule has 4 fully saturated rings. The third-order valence-electron chi connectivity index (χ3n) is 8.17. The van der Waals surface area contributed by atoms with Crippen molar-refractivity contribution in [3.8, 4) is 0 Å². The van der Waals surface area contributed by atoms with Crippen molar-refractivity contribution < 1.29 is 0 Å². The summed E-state index contributed by atoms with van der Waals surface area (Å²) >= 11 is 0. The minimum Gasteiger partial charge on any atom is -0.397 e. The summed E-state index contributed by atoms with van der Waals surface area (Å²) in [6.45, 7) is 0. The van der Waals surface area contributed by atoms with Crippen molar-refractivity contribution in [2.75, 3.05) is 11.5 Å². The van der Waals surface area contributed by atoms with E-state index in [-0.39, 0.29) is 0 Å². The summed E-state index contributed by atoms with van der Waals surface area (Å²) in [5.74, 6) is 2.65. The first kappa shape index (κ1) is 16.9. The average Bonchev–Trinajstić information content (AvgIpc) is 2.62. The summed E-state index contributed by atoms with van der Waals surface area (Å²) in [6.07, 6.45) is 15.8. The fourth-order valence-corrected chi connectivity index (χ4v) is 7.17. The van der Waals surface area contributed by atoms with E-state index < -0.39 is 0 Å². The van der Waals surface area contributed by atoms with E-state index in [0.29, 0.717) is 5.92 Å². The molecule has 2 aliphatic carbocycles. The van der Waals surface area contributed by atoms with Crippen molar-refractivity contribution in [2.45, 2.75) is 94.7 Å². The minimum atomic E-state index is 0.605. The summed E-state index contributed by atoms with van der Waals surface area (Å²) in [7, 11) is 0. The van der Waals surface area contributed by atoms with Crippen molar-refractivity contribution in [3.05, 3.63) is 23.8 Å². The second-order valence-electron chi connectivity index (χ2n) is 9.73. The Balaban J connectivity index is 1.37. The van der Waals surface area contributed by atoms with Crippen molar-refractivity contribution >= 4 is 11.4 Å². The highest BCUT2D eigenvalue weighted by molar-refractivity contribution is 5.68. The molecule has 0 aromatic heterocycles. The zero-order chi connectivity index (χ0) is 17.7. The van der Waals surface area contributed by atoms with Gasteiger partial charge in [0.15, 0.2) is 0 Å². The number of piperidine rings is 2. The predicted molar refractivity (Wildman–Crippen MR) is 109 cm³/mol. The third kappa shape index (κ3) is 2.93. The van der Waals surface area contributed by atoms with E-state index in [4.69, 9.17) is 11.5 Å². The van der Waals surface area contributed by atoms with E-state index in [1.54, 1.807) is 0 Å². The molecule has 1 aromatic rings. The van der Waals surface area contributed by atoms with Gasteiger partial charge in [0.2, 0.25) is 0 Å². The Morgan fingerprint density at radius 3 is 2.08 bits per heavy atom. The van der Waals surface area contributed by atoms with Crippen LogP contribution in [0.3, 0.4) is 0 Å². The molecule has 3 nitrogen and oxygen atoms in total. The van der Waals surface area contributed by atoms with E-state index in [2.05, 4.69) is 17.0 Å². The van der Waals surface area contributed by atoms with E-state index in [1.165, 1.54) is 76.2 Å². The first-order valence-electron chi connectivity index (χ1n) is 11.1. The van der Waals surface area contributed by atoms with Crippen LogP contribution in [0.15, 0.2) is 18.2 Å². The molecule has 0 spiro atoms. The Labute approximate surface area is 158 Å². The van der Waals surface area contributed by atoms with Gasteiger partial charge in [-0.2, -0.15) is 0 Å². The number of hydrogen-bond acceptors (Lipinski definition) is 3. The highest BCUT2D eigenvalue weighted by Crippen LogP contribution is 2.49. The zero-order valence-electron chi connectivity index (χ0n) is 16.1.